The standard InChI is InChI=1S/C16H22FNO/c1-2-3-4-12-5-7-13(8-6-12)16(19)14-9-10-18-11-15(14)17/h9-13H,2-8H2,1H3. The second kappa shape index (κ2) is 6.78. The quantitative estimate of drug-likeness (QED) is 0.737. The highest BCUT2D eigenvalue weighted by atomic mass is 19.1. The van der Waals surface area contributed by atoms with E-state index < -0.39 is 5.82 Å². The van der Waals surface area contributed by atoms with Gasteiger partial charge < -0.3 is 0 Å². The Hall–Kier alpha value is -1.25. The number of unbranched alkanes of at least 4 members (excludes halogenated alkanes) is 1. The number of nitrogens with zero attached hydrogens (tertiary/aromatic N) is 1. The maximum absolute atomic E-state index is 13.6. The molecule has 19 heavy (non-hydrogen) atoms. The molecule has 1 aromatic rings. The van der Waals surface area contributed by atoms with E-state index in [1.165, 1.54) is 31.5 Å². The van der Waals surface area contributed by atoms with Crippen molar-refractivity contribution in [1.82, 2.24) is 4.98 Å². The molecule has 0 bridgehead atoms. The fourth-order valence-corrected chi connectivity index (χ4v) is 3.00. The van der Waals surface area contributed by atoms with Gasteiger partial charge in [-0.2, -0.15) is 0 Å². The average Bonchev–Trinajstić information content (AvgIpc) is 2.45. The van der Waals surface area contributed by atoms with Gasteiger partial charge in [0.2, 0.25) is 0 Å². The summed E-state index contributed by atoms with van der Waals surface area (Å²) in [6.07, 6.45) is 10.5. The van der Waals surface area contributed by atoms with E-state index in [0.717, 1.165) is 37.8 Å². The molecule has 1 aromatic heterocycles. The Morgan fingerprint density at radius 1 is 1.37 bits per heavy atom. The third-order valence-electron chi connectivity index (χ3n) is 4.22. The van der Waals surface area contributed by atoms with Crippen LogP contribution in [0, 0.1) is 17.7 Å². The van der Waals surface area contributed by atoms with Crippen LogP contribution in [0.1, 0.15) is 62.2 Å². The predicted molar refractivity (Wildman–Crippen MR) is 73.5 cm³/mol. The van der Waals surface area contributed by atoms with Crippen LogP contribution in [0.25, 0.3) is 0 Å². The zero-order chi connectivity index (χ0) is 13.7. The molecule has 0 aliphatic heterocycles. The molecular formula is C16H22FNO. The normalized spacial score (nSPS) is 23.3. The molecule has 0 saturated heterocycles. The van der Waals surface area contributed by atoms with Crippen molar-refractivity contribution in [2.75, 3.05) is 0 Å². The van der Waals surface area contributed by atoms with Crippen molar-refractivity contribution in [3.05, 3.63) is 29.8 Å². The van der Waals surface area contributed by atoms with E-state index in [0.29, 0.717) is 0 Å². The number of hydrogen-bond acceptors (Lipinski definition) is 2. The number of ketones is 1. The molecule has 104 valence electrons. The first-order chi connectivity index (χ1) is 9.22. The summed E-state index contributed by atoms with van der Waals surface area (Å²) in [4.78, 5) is 16.0. The number of carbonyl (C=O) groups excluding carboxylic acids is 1. The predicted octanol–water partition coefficient (Wildman–Crippen LogP) is 4.40. The van der Waals surface area contributed by atoms with Crippen molar-refractivity contribution in [3.63, 3.8) is 0 Å². The lowest BCUT2D eigenvalue weighted by Crippen LogP contribution is -2.22. The lowest BCUT2D eigenvalue weighted by Gasteiger charge is -2.27. The van der Waals surface area contributed by atoms with E-state index in [1.54, 1.807) is 0 Å². The SMILES string of the molecule is CCCCC1CCC(C(=O)c2ccncc2F)CC1. The van der Waals surface area contributed by atoms with Crippen LogP contribution in [0.5, 0.6) is 0 Å². The molecule has 3 heteroatoms. The Balaban J connectivity index is 1.91. The Bertz CT molecular complexity index is 425. The van der Waals surface area contributed by atoms with Gasteiger partial charge in [-0.15, -0.1) is 0 Å². The number of hydrogen-bond donors (Lipinski definition) is 0. The van der Waals surface area contributed by atoms with Crippen LogP contribution in [-0.2, 0) is 0 Å². The van der Waals surface area contributed by atoms with E-state index in [2.05, 4.69) is 11.9 Å². The minimum atomic E-state index is -0.486. The molecule has 1 aliphatic carbocycles. The summed E-state index contributed by atoms with van der Waals surface area (Å²) in [7, 11) is 0. The molecule has 0 spiro atoms. The van der Waals surface area contributed by atoms with Crippen molar-refractivity contribution in [1.29, 1.82) is 0 Å². The monoisotopic (exact) mass is 263 g/mol. The van der Waals surface area contributed by atoms with E-state index in [4.69, 9.17) is 0 Å². The molecular weight excluding hydrogens is 241 g/mol. The van der Waals surface area contributed by atoms with E-state index in [9.17, 15) is 9.18 Å². The smallest absolute Gasteiger partial charge is 0.168 e. The summed E-state index contributed by atoms with van der Waals surface area (Å²) in [6.45, 7) is 2.21. The minimum Gasteiger partial charge on any atom is -0.294 e. The Morgan fingerprint density at radius 3 is 2.74 bits per heavy atom. The molecule has 1 heterocycles. The van der Waals surface area contributed by atoms with Crippen molar-refractivity contribution in [3.8, 4) is 0 Å². The molecule has 0 radical (unpaired) electrons. The number of pyridine rings is 1. The largest absolute Gasteiger partial charge is 0.294 e. The molecule has 2 nitrogen and oxygen atoms in total. The van der Waals surface area contributed by atoms with E-state index >= 15 is 0 Å². The van der Waals surface area contributed by atoms with Gasteiger partial charge in [0, 0.05) is 12.1 Å². The van der Waals surface area contributed by atoms with Gasteiger partial charge in [-0.3, -0.25) is 9.78 Å². The van der Waals surface area contributed by atoms with Gasteiger partial charge in [-0.1, -0.05) is 26.2 Å². The van der Waals surface area contributed by atoms with Crippen molar-refractivity contribution in [2.45, 2.75) is 51.9 Å². The molecule has 0 amide bonds. The highest BCUT2D eigenvalue weighted by Crippen LogP contribution is 2.33. The summed E-state index contributed by atoms with van der Waals surface area (Å²) in [5.74, 6) is 0.260. The summed E-state index contributed by atoms with van der Waals surface area (Å²) >= 11 is 0. The van der Waals surface area contributed by atoms with Gasteiger partial charge >= 0.3 is 0 Å². The summed E-state index contributed by atoms with van der Waals surface area (Å²) in [5, 5.41) is 0. The second-order valence-electron chi connectivity index (χ2n) is 5.58. The summed E-state index contributed by atoms with van der Waals surface area (Å²) in [5.41, 5.74) is 0.215. The molecule has 1 saturated carbocycles. The average molecular weight is 263 g/mol. The summed E-state index contributed by atoms with van der Waals surface area (Å²) in [6, 6.07) is 1.50. The van der Waals surface area contributed by atoms with Crippen molar-refractivity contribution in [2.24, 2.45) is 11.8 Å². The summed E-state index contributed by atoms with van der Waals surface area (Å²) < 4.78 is 13.6. The van der Waals surface area contributed by atoms with E-state index in [1.807, 2.05) is 0 Å². The number of aromatic nitrogens is 1. The zero-order valence-corrected chi connectivity index (χ0v) is 11.6. The highest BCUT2D eigenvalue weighted by Gasteiger charge is 2.27. The van der Waals surface area contributed by atoms with Gasteiger partial charge in [0.25, 0.3) is 0 Å². The number of carbonyl (C=O) groups is 1. The third kappa shape index (κ3) is 3.62. The third-order valence-corrected chi connectivity index (χ3v) is 4.22. The maximum atomic E-state index is 13.6. The van der Waals surface area contributed by atoms with Crippen LogP contribution in [0.15, 0.2) is 18.5 Å². The Labute approximate surface area is 114 Å². The molecule has 0 N–H and O–H groups in total. The van der Waals surface area contributed by atoms with Crippen molar-refractivity contribution >= 4 is 5.78 Å². The molecule has 0 atom stereocenters. The van der Waals surface area contributed by atoms with Crippen LogP contribution in [-0.4, -0.2) is 10.8 Å². The van der Waals surface area contributed by atoms with Crippen LogP contribution < -0.4 is 0 Å². The lowest BCUT2D eigenvalue weighted by atomic mass is 9.77. The molecule has 0 unspecified atom stereocenters. The van der Waals surface area contributed by atoms with Crippen molar-refractivity contribution < 1.29 is 9.18 Å². The van der Waals surface area contributed by atoms with Gasteiger partial charge in [0.1, 0.15) is 0 Å². The fraction of sp³-hybridized carbons (Fsp3) is 0.625. The Kier molecular flexibility index (Phi) is 5.06. The first-order valence-corrected chi connectivity index (χ1v) is 7.36. The zero-order valence-electron chi connectivity index (χ0n) is 11.6. The molecule has 1 fully saturated rings. The topological polar surface area (TPSA) is 30.0 Å². The van der Waals surface area contributed by atoms with Gasteiger partial charge in [-0.25, -0.2) is 4.39 Å². The second-order valence-corrected chi connectivity index (χ2v) is 5.58. The lowest BCUT2D eigenvalue weighted by molar-refractivity contribution is 0.0865. The Morgan fingerprint density at radius 2 is 2.11 bits per heavy atom. The van der Waals surface area contributed by atoms with Crippen LogP contribution in [0.4, 0.5) is 4.39 Å². The first-order valence-electron chi connectivity index (χ1n) is 7.36. The minimum absolute atomic E-state index is 0.00905. The van der Waals surface area contributed by atoms with Gasteiger partial charge in [0.15, 0.2) is 11.6 Å². The van der Waals surface area contributed by atoms with E-state index in [-0.39, 0.29) is 17.3 Å². The number of Topliss-reactive ketones (excluding diaryl/α,β-unsaturated/α-hetero) is 1. The highest BCUT2D eigenvalue weighted by molar-refractivity contribution is 5.98. The van der Waals surface area contributed by atoms with Crippen LogP contribution in [0.3, 0.4) is 0 Å². The number of rotatable bonds is 5. The van der Waals surface area contributed by atoms with Gasteiger partial charge in [0.05, 0.1) is 11.8 Å². The maximum Gasteiger partial charge on any atom is 0.168 e. The fourth-order valence-electron chi connectivity index (χ4n) is 3.00. The molecule has 1 aliphatic rings. The number of halogens is 1. The van der Waals surface area contributed by atoms with Gasteiger partial charge in [-0.05, 0) is 37.7 Å². The first kappa shape index (κ1) is 14.2. The molecule has 0 aromatic carbocycles. The van der Waals surface area contributed by atoms with Crippen LogP contribution in [0.2, 0.25) is 0 Å². The van der Waals surface area contributed by atoms with Crippen LogP contribution >= 0.6 is 0 Å². The molecule has 2 rings (SSSR count).